The molecule has 0 aromatic heterocycles. The van der Waals surface area contributed by atoms with Crippen LogP contribution in [-0.2, 0) is 0 Å². The van der Waals surface area contributed by atoms with Crippen LogP contribution in [0.4, 0.5) is 0 Å². The number of para-hydroxylation sites is 1. The van der Waals surface area contributed by atoms with Crippen molar-refractivity contribution >= 4 is 0 Å². The maximum atomic E-state index is 8.24. The molecule has 2 nitrogen and oxygen atoms in total. The normalized spacial score (nSPS) is 7.85. The van der Waals surface area contributed by atoms with Gasteiger partial charge < -0.3 is 4.74 Å². The second kappa shape index (κ2) is 7.17. The summed E-state index contributed by atoms with van der Waals surface area (Å²) in [6, 6.07) is 9.55. The third-order valence-electron chi connectivity index (χ3n) is 1.39. The Hall–Kier alpha value is -1.49. The van der Waals surface area contributed by atoms with Crippen molar-refractivity contribution in [1.82, 2.24) is 0 Å². The molecule has 0 aliphatic carbocycles. The molecule has 0 fully saturated rings. The van der Waals surface area contributed by atoms with E-state index in [1.807, 2.05) is 51.1 Å². The van der Waals surface area contributed by atoms with E-state index < -0.39 is 0 Å². The van der Waals surface area contributed by atoms with Crippen molar-refractivity contribution in [3.05, 3.63) is 29.8 Å². The summed E-state index contributed by atoms with van der Waals surface area (Å²) in [5, 5.41) is 8.24. The fourth-order valence-corrected chi connectivity index (χ4v) is 0.828. The lowest BCUT2D eigenvalue weighted by Gasteiger charge is -2.03. The summed E-state index contributed by atoms with van der Waals surface area (Å²) in [6.45, 7) is 6.07. The Balaban J connectivity index is 0.000000671. The fourth-order valence-electron chi connectivity index (χ4n) is 0.828. The number of aryl methyl sites for hydroxylation is 1. The second-order valence-electron chi connectivity index (χ2n) is 2.21. The van der Waals surface area contributed by atoms with Crippen molar-refractivity contribution in [2.75, 3.05) is 6.61 Å². The number of nitriles is 1. The van der Waals surface area contributed by atoms with E-state index in [0.717, 1.165) is 11.3 Å². The van der Waals surface area contributed by atoms with Crippen LogP contribution in [0.5, 0.6) is 5.75 Å². The van der Waals surface area contributed by atoms with Gasteiger partial charge >= 0.3 is 0 Å². The smallest absolute Gasteiger partial charge is 0.174 e. The van der Waals surface area contributed by atoms with Crippen molar-refractivity contribution in [1.29, 1.82) is 5.26 Å². The van der Waals surface area contributed by atoms with Crippen molar-refractivity contribution in [3.63, 3.8) is 0 Å². The molecule has 1 rings (SSSR count). The molecule has 0 heterocycles. The molecule has 2 heteroatoms. The number of ether oxygens (including phenoxy) is 1. The van der Waals surface area contributed by atoms with Gasteiger partial charge in [-0.15, -0.1) is 0 Å². The van der Waals surface area contributed by atoms with Crippen LogP contribution in [0.25, 0.3) is 0 Å². The van der Waals surface area contributed by atoms with Crippen LogP contribution < -0.4 is 4.74 Å². The average molecular weight is 177 g/mol. The first-order valence-corrected chi connectivity index (χ1v) is 4.40. The highest BCUT2D eigenvalue weighted by Crippen LogP contribution is 2.15. The van der Waals surface area contributed by atoms with Crippen LogP contribution in [0.1, 0.15) is 19.4 Å². The van der Waals surface area contributed by atoms with E-state index in [0.29, 0.717) is 0 Å². The molecule has 1 aromatic rings. The number of rotatable bonds is 2. The van der Waals surface area contributed by atoms with Crippen molar-refractivity contribution in [2.24, 2.45) is 0 Å². The predicted octanol–water partition coefficient (Wildman–Crippen LogP) is 2.92. The zero-order valence-corrected chi connectivity index (χ0v) is 8.37. The third kappa shape index (κ3) is 4.17. The Kier molecular flexibility index (Phi) is 6.35. The van der Waals surface area contributed by atoms with Gasteiger partial charge in [0, 0.05) is 0 Å². The maximum absolute atomic E-state index is 8.24. The molecule has 0 unspecified atom stereocenters. The number of benzene rings is 1. The van der Waals surface area contributed by atoms with Gasteiger partial charge in [0.25, 0.3) is 0 Å². The standard InChI is InChI=1S/C9H9NO.C2H6/c1-8-4-2-3-5-9(8)11-7-6-10;1-2/h2-5H,7H2,1H3;1-2H3. The Labute approximate surface area is 79.8 Å². The van der Waals surface area contributed by atoms with E-state index in [-0.39, 0.29) is 6.61 Å². The van der Waals surface area contributed by atoms with Crippen LogP contribution >= 0.6 is 0 Å². The van der Waals surface area contributed by atoms with Crippen molar-refractivity contribution in [3.8, 4) is 11.8 Å². The lowest BCUT2D eigenvalue weighted by Crippen LogP contribution is -1.94. The van der Waals surface area contributed by atoms with Gasteiger partial charge in [0.15, 0.2) is 6.61 Å². The first-order valence-electron chi connectivity index (χ1n) is 4.40. The third-order valence-corrected chi connectivity index (χ3v) is 1.39. The Morgan fingerprint density at radius 1 is 1.31 bits per heavy atom. The minimum atomic E-state index is 0.116. The monoisotopic (exact) mass is 177 g/mol. The molecule has 1 aromatic carbocycles. The number of hydrogen-bond acceptors (Lipinski definition) is 2. The Morgan fingerprint density at radius 2 is 1.92 bits per heavy atom. The van der Waals surface area contributed by atoms with Crippen LogP contribution in [0.2, 0.25) is 0 Å². The molecule has 0 atom stereocenters. The Morgan fingerprint density at radius 3 is 2.46 bits per heavy atom. The topological polar surface area (TPSA) is 33.0 Å². The van der Waals surface area contributed by atoms with Gasteiger partial charge in [0.1, 0.15) is 11.8 Å². The zero-order chi connectivity index (χ0) is 10.1. The van der Waals surface area contributed by atoms with Crippen LogP contribution in [0, 0.1) is 18.3 Å². The molecule has 0 saturated carbocycles. The lowest BCUT2D eigenvalue weighted by molar-refractivity contribution is 0.365. The highest BCUT2D eigenvalue weighted by atomic mass is 16.5. The second-order valence-corrected chi connectivity index (χ2v) is 2.21. The summed E-state index contributed by atoms with van der Waals surface area (Å²) in [5.74, 6) is 0.786. The molecule has 0 aliphatic rings. The van der Waals surface area contributed by atoms with Crippen molar-refractivity contribution in [2.45, 2.75) is 20.8 Å². The lowest BCUT2D eigenvalue weighted by atomic mass is 10.2. The highest BCUT2D eigenvalue weighted by Gasteiger charge is 1.94. The molecule has 70 valence electrons. The quantitative estimate of drug-likeness (QED) is 0.695. The summed E-state index contributed by atoms with van der Waals surface area (Å²) in [7, 11) is 0. The van der Waals surface area contributed by atoms with Gasteiger partial charge in [-0.05, 0) is 18.6 Å². The van der Waals surface area contributed by atoms with Gasteiger partial charge in [-0.3, -0.25) is 0 Å². The number of nitrogens with zero attached hydrogens (tertiary/aromatic N) is 1. The Bertz CT molecular complexity index is 276. The van der Waals surface area contributed by atoms with Gasteiger partial charge in [-0.1, -0.05) is 32.0 Å². The molecule has 0 saturated heterocycles. The average Bonchev–Trinajstić information content (AvgIpc) is 2.20. The van der Waals surface area contributed by atoms with E-state index in [9.17, 15) is 0 Å². The summed E-state index contributed by atoms with van der Waals surface area (Å²) in [6.07, 6.45) is 0. The van der Waals surface area contributed by atoms with Crippen LogP contribution in [-0.4, -0.2) is 6.61 Å². The molecular weight excluding hydrogens is 162 g/mol. The summed E-state index contributed by atoms with van der Waals surface area (Å²) in [5.41, 5.74) is 1.06. The minimum Gasteiger partial charge on any atom is -0.478 e. The summed E-state index contributed by atoms with van der Waals surface area (Å²) in [4.78, 5) is 0. The van der Waals surface area contributed by atoms with E-state index in [2.05, 4.69) is 0 Å². The molecule has 0 bridgehead atoms. The van der Waals surface area contributed by atoms with Gasteiger partial charge in [-0.25, -0.2) is 0 Å². The fraction of sp³-hybridized carbons (Fsp3) is 0.364. The van der Waals surface area contributed by atoms with Gasteiger partial charge in [-0.2, -0.15) is 5.26 Å². The molecule has 0 spiro atoms. The van der Waals surface area contributed by atoms with Gasteiger partial charge in [0.05, 0.1) is 0 Å². The van der Waals surface area contributed by atoms with Crippen molar-refractivity contribution < 1.29 is 4.74 Å². The van der Waals surface area contributed by atoms with E-state index >= 15 is 0 Å². The van der Waals surface area contributed by atoms with Crippen LogP contribution in [0.15, 0.2) is 24.3 Å². The van der Waals surface area contributed by atoms with E-state index in [1.165, 1.54) is 0 Å². The first-order chi connectivity index (χ1) is 6.34. The molecule has 0 radical (unpaired) electrons. The van der Waals surface area contributed by atoms with Crippen LogP contribution in [0.3, 0.4) is 0 Å². The maximum Gasteiger partial charge on any atom is 0.174 e. The molecule has 0 amide bonds. The summed E-state index contributed by atoms with van der Waals surface area (Å²) >= 11 is 0. The largest absolute Gasteiger partial charge is 0.478 e. The van der Waals surface area contributed by atoms with E-state index in [1.54, 1.807) is 0 Å². The SMILES string of the molecule is CC.Cc1ccccc1OCC#N. The number of hydrogen-bond donors (Lipinski definition) is 0. The molecule has 0 aliphatic heterocycles. The molecule has 13 heavy (non-hydrogen) atoms. The first kappa shape index (κ1) is 11.5. The molecular formula is C11H15NO. The minimum absolute atomic E-state index is 0.116. The molecule has 0 N–H and O–H groups in total. The van der Waals surface area contributed by atoms with E-state index in [4.69, 9.17) is 10.00 Å². The predicted molar refractivity (Wildman–Crippen MR) is 53.6 cm³/mol. The zero-order valence-electron chi connectivity index (χ0n) is 8.37. The highest BCUT2D eigenvalue weighted by molar-refractivity contribution is 5.31. The summed E-state index contributed by atoms with van der Waals surface area (Å²) < 4.78 is 5.12. The van der Waals surface area contributed by atoms with Gasteiger partial charge in [0.2, 0.25) is 0 Å².